The number of anilines is 2. The van der Waals surface area contributed by atoms with Crippen molar-refractivity contribution in [3.05, 3.63) is 83.9 Å². The number of carbonyl (C=O) groups is 2. The van der Waals surface area contributed by atoms with E-state index >= 15 is 0 Å². The first kappa shape index (κ1) is 23.9. The number of nitrogens with zero attached hydrogens (tertiary/aromatic N) is 2. The molecule has 2 saturated heterocycles. The van der Waals surface area contributed by atoms with Crippen molar-refractivity contribution < 1.29 is 23.9 Å². The average Bonchev–Trinajstić information content (AvgIpc) is 3.39. The number of hydrogen-bond acceptors (Lipinski definition) is 6. The zero-order valence-electron chi connectivity index (χ0n) is 20.7. The van der Waals surface area contributed by atoms with Gasteiger partial charge in [0.25, 0.3) is 5.91 Å². The number of carbonyl (C=O) groups excluding carboxylic acids is 2. The molecule has 0 aromatic heterocycles. The second kappa shape index (κ2) is 10.0. The molecule has 2 fully saturated rings. The van der Waals surface area contributed by atoms with Crippen LogP contribution in [0.4, 0.5) is 11.4 Å². The van der Waals surface area contributed by atoms with Gasteiger partial charge < -0.3 is 9.47 Å². The maximum absolute atomic E-state index is 13.8. The predicted octanol–water partition coefficient (Wildman–Crippen LogP) is 5.23. The number of ether oxygens (including phenoxy) is 2. The van der Waals surface area contributed by atoms with Crippen LogP contribution in [0.3, 0.4) is 0 Å². The molecule has 7 nitrogen and oxygen atoms in total. The average molecular weight is 487 g/mol. The van der Waals surface area contributed by atoms with E-state index < -0.39 is 18.1 Å². The number of hydrogen-bond donors (Lipinski definition) is 0. The second-order valence-corrected chi connectivity index (χ2v) is 9.00. The molecule has 7 heteroatoms. The van der Waals surface area contributed by atoms with Crippen LogP contribution in [0.1, 0.15) is 37.4 Å². The normalized spacial score (nSPS) is 21.1. The molecule has 2 aliphatic heterocycles. The van der Waals surface area contributed by atoms with E-state index in [-0.39, 0.29) is 11.8 Å². The number of hydroxylamine groups is 1. The number of aryl methyl sites for hydroxylation is 1. The van der Waals surface area contributed by atoms with Crippen LogP contribution in [0, 0.1) is 12.8 Å². The van der Waals surface area contributed by atoms with E-state index in [2.05, 4.69) is 0 Å². The summed E-state index contributed by atoms with van der Waals surface area (Å²) in [6.45, 7) is 6.94. The number of fused-ring (bicyclic) bond motifs is 1. The molecule has 0 N–H and O–H groups in total. The Hall–Kier alpha value is -3.84. The van der Waals surface area contributed by atoms with Gasteiger partial charge in [0.15, 0.2) is 17.6 Å². The fourth-order valence-corrected chi connectivity index (χ4v) is 4.88. The molecule has 3 aromatic carbocycles. The lowest BCUT2D eigenvalue weighted by atomic mass is 9.90. The first-order valence-electron chi connectivity index (χ1n) is 12.4. The Kier molecular flexibility index (Phi) is 6.65. The molecule has 0 radical (unpaired) electrons. The quantitative estimate of drug-likeness (QED) is 0.406. The molecule has 0 saturated carbocycles. The van der Waals surface area contributed by atoms with E-state index in [9.17, 15) is 9.59 Å². The topological polar surface area (TPSA) is 68.3 Å². The number of imide groups is 1. The lowest BCUT2D eigenvalue weighted by Crippen LogP contribution is -2.37. The molecule has 0 spiro atoms. The van der Waals surface area contributed by atoms with Crippen LogP contribution < -0.4 is 19.4 Å². The number of para-hydroxylation sites is 1. The van der Waals surface area contributed by atoms with E-state index in [0.717, 1.165) is 23.2 Å². The highest BCUT2D eigenvalue weighted by molar-refractivity contribution is 6.24. The molecule has 3 aromatic rings. The molecular formula is C29H30N2O5. The maximum atomic E-state index is 13.8. The fraction of sp³-hybridized carbons (Fsp3) is 0.310. The summed E-state index contributed by atoms with van der Waals surface area (Å²) >= 11 is 0. The Morgan fingerprint density at radius 2 is 1.61 bits per heavy atom. The van der Waals surface area contributed by atoms with Gasteiger partial charge in [-0.1, -0.05) is 43.3 Å². The third-order valence-corrected chi connectivity index (χ3v) is 6.46. The Balaban J connectivity index is 1.58. The van der Waals surface area contributed by atoms with Gasteiger partial charge in [0.05, 0.1) is 30.6 Å². The van der Waals surface area contributed by atoms with Crippen molar-refractivity contribution in [2.45, 2.75) is 39.3 Å². The van der Waals surface area contributed by atoms with Crippen LogP contribution in [0.15, 0.2) is 72.8 Å². The summed E-state index contributed by atoms with van der Waals surface area (Å²) in [6.07, 6.45) is -0.0458. The third-order valence-electron chi connectivity index (χ3n) is 6.46. The zero-order valence-corrected chi connectivity index (χ0v) is 20.7. The largest absolute Gasteiger partial charge is 0.490 e. The van der Waals surface area contributed by atoms with Crippen LogP contribution in [-0.4, -0.2) is 31.1 Å². The maximum Gasteiger partial charge on any atom is 0.266 e. The number of benzene rings is 3. The Morgan fingerprint density at radius 3 is 2.33 bits per heavy atom. The lowest BCUT2D eigenvalue weighted by Gasteiger charge is -2.29. The van der Waals surface area contributed by atoms with Gasteiger partial charge in [-0.25, -0.2) is 9.96 Å². The van der Waals surface area contributed by atoms with Gasteiger partial charge in [-0.2, -0.15) is 0 Å². The van der Waals surface area contributed by atoms with Gasteiger partial charge in [0, 0.05) is 0 Å². The van der Waals surface area contributed by atoms with Gasteiger partial charge in [-0.15, -0.1) is 0 Å². The molecule has 0 bridgehead atoms. The summed E-state index contributed by atoms with van der Waals surface area (Å²) in [5.41, 5.74) is 3.11. The van der Waals surface area contributed by atoms with Crippen molar-refractivity contribution in [1.82, 2.24) is 0 Å². The van der Waals surface area contributed by atoms with Gasteiger partial charge in [0.2, 0.25) is 5.91 Å². The Labute approximate surface area is 211 Å². The molecule has 5 rings (SSSR count). The molecule has 36 heavy (non-hydrogen) atoms. The lowest BCUT2D eigenvalue weighted by molar-refractivity contribution is -0.126. The summed E-state index contributed by atoms with van der Waals surface area (Å²) in [6, 6.07) is 22.1. The summed E-state index contributed by atoms with van der Waals surface area (Å²) < 4.78 is 11.8. The van der Waals surface area contributed by atoms with E-state index in [1.807, 2.05) is 87.5 Å². The summed E-state index contributed by atoms with van der Waals surface area (Å²) in [5, 5.41) is 1.69. The van der Waals surface area contributed by atoms with Crippen LogP contribution in [-0.2, 0) is 14.4 Å². The SMILES string of the molecule is CCCOc1ccc([C@@H]2[C@H]3C(=O)N(c4cccc(C)c4)C(=O)[C@H]3ON2c2ccccc2)cc1OCC. The van der Waals surface area contributed by atoms with Crippen LogP contribution >= 0.6 is 0 Å². The minimum atomic E-state index is -0.922. The first-order chi connectivity index (χ1) is 17.5. The standard InChI is InChI=1S/C29H30N2O5/c1-4-16-35-23-15-14-20(18-24(23)34-5-2)26-25-27(36-31(26)21-11-7-6-8-12-21)29(33)30(28(25)32)22-13-9-10-19(3)17-22/h6-15,17-18,25-27H,4-5,16H2,1-3H3/t25-,26-,27+/m1/s1. The van der Waals surface area contributed by atoms with Crippen LogP contribution in [0.25, 0.3) is 0 Å². The first-order valence-corrected chi connectivity index (χ1v) is 12.4. The van der Waals surface area contributed by atoms with Crippen molar-refractivity contribution in [2.24, 2.45) is 5.92 Å². The minimum absolute atomic E-state index is 0.275. The molecule has 2 heterocycles. The van der Waals surface area contributed by atoms with E-state index in [0.29, 0.717) is 30.4 Å². The minimum Gasteiger partial charge on any atom is -0.490 e. The Morgan fingerprint density at radius 1 is 0.833 bits per heavy atom. The highest BCUT2D eigenvalue weighted by Gasteiger charge is 2.60. The van der Waals surface area contributed by atoms with Gasteiger partial charge in [-0.3, -0.25) is 14.4 Å². The number of amides is 2. The van der Waals surface area contributed by atoms with Crippen molar-refractivity contribution in [3.8, 4) is 11.5 Å². The summed E-state index contributed by atoms with van der Waals surface area (Å²) in [7, 11) is 0. The molecule has 2 aliphatic rings. The van der Waals surface area contributed by atoms with Gasteiger partial charge >= 0.3 is 0 Å². The molecular weight excluding hydrogens is 456 g/mol. The number of rotatable bonds is 8. The van der Waals surface area contributed by atoms with E-state index in [1.165, 1.54) is 4.90 Å². The van der Waals surface area contributed by atoms with Crippen molar-refractivity contribution in [3.63, 3.8) is 0 Å². The van der Waals surface area contributed by atoms with Crippen molar-refractivity contribution in [1.29, 1.82) is 0 Å². The van der Waals surface area contributed by atoms with Crippen molar-refractivity contribution in [2.75, 3.05) is 23.2 Å². The van der Waals surface area contributed by atoms with Gasteiger partial charge in [0.1, 0.15) is 5.92 Å². The smallest absolute Gasteiger partial charge is 0.266 e. The molecule has 3 atom stereocenters. The highest BCUT2D eigenvalue weighted by Crippen LogP contribution is 2.48. The summed E-state index contributed by atoms with van der Waals surface area (Å²) in [4.78, 5) is 34.9. The predicted molar refractivity (Wildman–Crippen MR) is 137 cm³/mol. The van der Waals surface area contributed by atoms with Crippen LogP contribution in [0.2, 0.25) is 0 Å². The monoisotopic (exact) mass is 486 g/mol. The summed E-state index contributed by atoms with van der Waals surface area (Å²) in [5.74, 6) is -0.0861. The molecule has 2 amide bonds. The Bertz CT molecular complexity index is 1260. The second-order valence-electron chi connectivity index (χ2n) is 9.00. The molecule has 186 valence electrons. The zero-order chi connectivity index (χ0) is 25.2. The van der Waals surface area contributed by atoms with Crippen LogP contribution in [0.5, 0.6) is 11.5 Å². The van der Waals surface area contributed by atoms with Gasteiger partial charge in [-0.05, 0) is 67.8 Å². The van der Waals surface area contributed by atoms with E-state index in [4.69, 9.17) is 14.3 Å². The molecule has 0 aliphatic carbocycles. The fourth-order valence-electron chi connectivity index (χ4n) is 4.88. The molecule has 0 unspecified atom stereocenters. The van der Waals surface area contributed by atoms with E-state index in [1.54, 1.807) is 11.1 Å². The van der Waals surface area contributed by atoms with Crippen molar-refractivity contribution >= 4 is 23.2 Å². The highest BCUT2D eigenvalue weighted by atomic mass is 16.7. The third kappa shape index (κ3) is 4.20.